The summed E-state index contributed by atoms with van der Waals surface area (Å²) >= 11 is 6.04. The minimum atomic E-state index is 0.539. The van der Waals surface area contributed by atoms with Crippen LogP contribution in [0.4, 0.5) is 5.69 Å². The summed E-state index contributed by atoms with van der Waals surface area (Å²) in [6.07, 6.45) is 3.26. The lowest BCUT2D eigenvalue weighted by atomic mass is 10.0. The van der Waals surface area contributed by atoms with E-state index in [0.29, 0.717) is 11.1 Å². The van der Waals surface area contributed by atoms with Crippen LogP contribution in [0.5, 0.6) is 0 Å². The first-order chi connectivity index (χ1) is 8.61. The van der Waals surface area contributed by atoms with Gasteiger partial charge in [0.1, 0.15) is 0 Å². The zero-order chi connectivity index (χ0) is 13.1. The maximum absolute atomic E-state index is 11.1. The fourth-order valence-electron chi connectivity index (χ4n) is 2.49. The highest BCUT2D eigenvalue weighted by molar-refractivity contribution is 6.31. The van der Waals surface area contributed by atoms with Crippen molar-refractivity contribution in [1.82, 2.24) is 4.90 Å². The second-order valence-electron chi connectivity index (χ2n) is 5.03. The van der Waals surface area contributed by atoms with Gasteiger partial charge in [0.15, 0.2) is 6.29 Å². The van der Waals surface area contributed by atoms with Gasteiger partial charge in [-0.3, -0.25) is 4.79 Å². The zero-order valence-electron chi connectivity index (χ0n) is 10.9. The maximum Gasteiger partial charge on any atom is 0.152 e. The summed E-state index contributed by atoms with van der Waals surface area (Å²) in [6, 6.07) is 5.99. The number of aldehydes is 1. The average Bonchev–Trinajstić information content (AvgIpc) is 2.39. The van der Waals surface area contributed by atoms with Crippen molar-refractivity contribution in [3.05, 3.63) is 28.8 Å². The van der Waals surface area contributed by atoms with Gasteiger partial charge in [-0.25, -0.2) is 0 Å². The Morgan fingerprint density at radius 1 is 1.44 bits per heavy atom. The first kappa shape index (κ1) is 13.4. The Bertz CT molecular complexity index is 434. The standard InChI is InChI=1S/C14H19ClN2O/c1-16(2)13-4-3-7-17(9-13)14-8-12(15)6-5-11(14)10-18/h5-6,8,10,13H,3-4,7,9H2,1-2H3. The van der Waals surface area contributed by atoms with E-state index in [1.807, 2.05) is 6.07 Å². The lowest BCUT2D eigenvalue weighted by Gasteiger charge is -2.38. The molecule has 1 aromatic rings. The molecule has 0 bridgehead atoms. The number of rotatable bonds is 3. The van der Waals surface area contributed by atoms with E-state index in [4.69, 9.17) is 11.6 Å². The number of benzene rings is 1. The Kier molecular flexibility index (Phi) is 4.25. The predicted molar refractivity (Wildman–Crippen MR) is 75.8 cm³/mol. The molecule has 0 aliphatic carbocycles. The van der Waals surface area contributed by atoms with Crippen LogP contribution in [0.25, 0.3) is 0 Å². The molecule has 4 heteroatoms. The van der Waals surface area contributed by atoms with E-state index < -0.39 is 0 Å². The van der Waals surface area contributed by atoms with E-state index in [1.165, 1.54) is 6.42 Å². The molecule has 0 saturated carbocycles. The normalized spacial score (nSPS) is 20.2. The number of hydrogen-bond acceptors (Lipinski definition) is 3. The van der Waals surface area contributed by atoms with Crippen LogP contribution in [0.2, 0.25) is 5.02 Å². The van der Waals surface area contributed by atoms with Crippen LogP contribution in [0, 0.1) is 0 Å². The van der Waals surface area contributed by atoms with E-state index in [-0.39, 0.29) is 0 Å². The molecule has 2 rings (SSSR count). The Hall–Kier alpha value is -1.06. The minimum Gasteiger partial charge on any atom is -0.369 e. The average molecular weight is 267 g/mol. The molecule has 1 atom stereocenters. The van der Waals surface area contributed by atoms with Crippen molar-refractivity contribution in [1.29, 1.82) is 0 Å². The lowest BCUT2D eigenvalue weighted by Crippen LogP contribution is -2.45. The number of likely N-dealkylation sites (N-methyl/N-ethyl adjacent to an activating group) is 1. The molecule has 0 aromatic heterocycles. The second kappa shape index (κ2) is 5.72. The number of hydrogen-bond donors (Lipinski definition) is 0. The van der Waals surface area contributed by atoms with E-state index >= 15 is 0 Å². The number of nitrogens with zero attached hydrogens (tertiary/aromatic N) is 2. The molecule has 1 aromatic carbocycles. The highest BCUT2D eigenvalue weighted by atomic mass is 35.5. The molecule has 3 nitrogen and oxygen atoms in total. The molecule has 1 saturated heterocycles. The summed E-state index contributed by atoms with van der Waals surface area (Å²) in [6.45, 7) is 1.94. The first-order valence-corrected chi connectivity index (χ1v) is 6.65. The van der Waals surface area contributed by atoms with Gasteiger partial charge >= 0.3 is 0 Å². The summed E-state index contributed by atoms with van der Waals surface area (Å²) in [5.41, 5.74) is 1.68. The maximum atomic E-state index is 11.1. The number of carbonyl (C=O) groups excluding carboxylic acids is 1. The Morgan fingerprint density at radius 2 is 2.22 bits per heavy atom. The second-order valence-corrected chi connectivity index (χ2v) is 5.46. The van der Waals surface area contributed by atoms with Crippen LogP contribution in [0.1, 0.15) is 23.2 Å². The largest absolute Gasteiger partial charge is 0.369 e. The van der Waals surface area contributed by atoms with Crippen LogP contribution in [-0.2, 0) is 0 Å². The van der Waals surface area contributed by atoms with Gasteiger partial charge in [0, 0.05) is 35.4 Å². The molecule has 0 radical (unpaired) electrons. The van der Waals surface area contributed by atoms with E-state index in [2.05, 4.69) is 23.9 Å². The topological polar surface area (TPSA) is 23.6 Å². The van der Waals surface area contributed by atoms with Gasteiger partial charge in [0.25, 0.3) is 0 Å². The number of piperidine rings is 1. The smallest absolute Gasteiger partial charge is 0.152 e. The highest BCUT2D eigenvalue weighted by Gasteiger charge is 2.23. The molecular formula is C14H19ClN2O. The molecule has 0 N–H and O–H groups in total. The third-order valence-corrected chi connectivity index (χ3v) is 3.82. The van der Waals surface area contributed by atoms with Crippen LogP contribution in [-0.4, -0.2) is 44.4 Å². The van der Waals surface area contributed by atoms with Crippen molar-refractivity contribution >= 4 is 23.6 Å². The van der Waals surface area contributed by atoms with Gasteiger partial charge in [0.05, 0.1) is 0 Å². The molecule has 0 amide bonds. The molecule has 1 heterocycles. The molecular weight excluding hydrogens is 248 g/mol. The van der Waals surface area contributed by atoms with Crippen molar-refractivity contribution in [2.45, 2.75) is 18.9 Å². The Morgan fingerprint density at radius 3 is 2.89 bits per heavy atom. The fraction of sp³-hybridized carbons (Fsp3) is 0.500. The Labute approximate surface area is 113 Å². The summed E-state index contributed by atoms with van der Waals surface area (Å²) in [5.74, 6) is 0. The zero-order valence-corrected chi connectivity index (χ0v) is 11.7. The van der Waals surface area contributed by atoms with Crippen molar-refractivity contribution in [3.8, 4) is 0 Å². The minimum absolute atomic E-state index is 0.539. The van der Waals surface area contributed by atoms with E-state index in [1.54, 1.807) is 12.1 Å². The van der Waals surface area contributed by atoms with Gasteiger partial charge in [-0.1, -0.05) is 11.6 Å². The van der Waals surface area contributed by atoms with Crippen molar-refractivity contribution < 1.29 is 4.79 Å². The lowest BCUT2D eigenvalue weighted by molar-refractivity contribution is 0.112. The predicted octanol–water partition coefficient (Wildman–Crippen LogP) is 2.68. The molecule has 0 spiro atoms. The van der Waals surface area contributed by atoms with E-state index in [9.17, 15) is 4.79 Å². The number of carbonyl (C=O) groups is 1. The monoisotopic (exact) mass is 266 g/mol. The molecule has 18 heavy (non-hydrogen) atoms. The molecule has 1 aliphatic heterocycles. The third kappa shape index (κ3) is 2.85. The van der Waals surface area contributed by atoms with E-state index in [0.717, 1.165) is 37.0 Å². The third-order valence-electron chi connectivity index (χ3n) is 3.59. The van der Waals surface area contributed by atoms with Gasteiger partial charge in [0.2, 0.25) is 0 Å². The van der Waals surface area contributed by atoms with Crippen molar-refractivity contribution in [2.75, 3.05) is 32.1 Å². The van der Waals surface area contributed by atoms with Crippen LogP contribution in [0.3, 0.4) is 0 Å². The highest BCUT2D eigenvalue weighted by Crippen LogP contribution is 2.27. The molecule has 98 valence electrons. The van der Waals surface area contributed by atoms with Gasteiger partial charge in [-0.15, -0.1) is 0 Å². The van der Waals surface area contributed by atoms with Gasteiger partial charge in [-0.2, -0.15) is 0 Å². The summed E-state index contributed by atoms with van der Waals surface area (Å²) in [5, 5.41) is 0.683. The fourth-order valence-corrected chi connectivity index (χ4v) is 2.65. The number of halogens is 1. The number of anilines is 1. The Balaban J connectivity index is 2.25. The van der Waals surface area contributed by atoms with Crippen LogP contribution in [0.15, 0.2) is 18.2 Å². The summed E-state index contributed by atoms with van der Waals surface area (Å²) in [7, 11) is 4.21. The quantitative estimate of drug-likeness (QED) is 0.786. The SMILES string of the molecule is CN(C)C1CCCN(c2cc(Cl)ccc2C=O)C1. The van der Waals surface area contributed by atoms with Crippen molar-refractivity contribution in [2.24, 2.45) is 0 Å². The van der Waals surface area contributed by atoms with Gasteiger partial charge in [-0.05, 0) is 45.1 Å². The first-order valence-electron chi connectivity index (χ1n) is 6.28. The van der Waals surface area contributed by atoms with Gasteiger partial charge < -0.3 is 9.80 Å². The van der Waals surface area contributed by atoms with Crippen molar-refractivity contribution in [3.63, 3.8) is 0 Å². The van der Waals surface area contributed by atoms with Crippen LogP contribution < -0.4 is 4.90 Å². The molecule has 1 aliphatic rings. The summed E-state index contributed by atoms with van der Waals surface area (Å²) in [4.78, 5) is 15.6. The van der Waals surface area contributed by atoms with Crippen LogP contribution >= 0.6 is 11.6 Å². The molecule has 1 unspecified atom stereocenters. The molecule has 1 fully saturated rings. The summed E-state index contributed by atoms with van der Waals surface area (Å²) < 4.78 is 0.